The van der Waals surface area contributed by atoms with E-state index in [0.717, 1.165) is 17.5 Å². The van der Waals surface area contributed by atoms with Crippen molar-refractivity contribution in [1.29, 1.82) is 0 Å². The lowest BCUT2D eigenvalue weighted by Gasteiger charge is -2.25. The standard InChI is InChI=1S/C18H22ClNO/c1-4-16(20)18(14-7-5-6-12(2)10-14)21-17-11-13(3)8-9-15(17)19/h5-11,16,18H,4,20H2,1-3H3. The molecule has 2 rings (SSSR count). The summed E-state index contributed by atoms with van der Waals surface area (Å²) in [6.45, 7) is 6.15. The summed E-state index contributed by atoms with van der Waals surface area (Å²) in [5.74, 6) is 0.687. The highest BCUT2D eigenvalue weighted by Gasteiger charge is 2.21. The normalized spacial score (nSPS) is 13.8. The lowest BCUT2D eigenvalue weighted by atomic mass is 9.99. The Morgan fingerprint density at radius 2 is 1.81 bits per heavy atom. The van der Waals surface area contributed by atoms with Crippen LogP contribution in [-0.4, -0.2) is 6.04 Å². The van der Waals surface area contributed by atoms with Crippen molar-refractivity contribution in [2.45, 2.75) is 39.3 Å². The molecule has 0 aliphatic heterocycles. The van der Waals surface area contributed by atoms with Crippen molar-refractivity contribution >= 4 is 11.6 Å². The highest BCUT2D eigenvalue weighted by atomic mass is 35.5. The first-order valence-electron chi connectivity index (χ1n) is 7.26. The first-order valence-corrected chi connectivity index (χ1v) is 7.64. The van der Waals surface area contributed by atoms with Crippen LogP contribution in [0.5, 0.6) is 5.75 Å². The predicted octanol–water partition coefficient (Wildman–Crippen LogP) is 4.81. The number of nitrogens with two attached hydrogens (primary N) is 1. The quantitative estimate of drug-likeness (QED) is 0.860. The Labute approximate surface area is 131 Å². The van der Waals surface area contributed by atoms with E-state index in [2.05, 4.69) is 32.0 Å². The SMILES string of the molecule is CCC(N)C(Oc1cc(C)ccc1Cl)c1cccc(C)c1. The van der Waals surface area contributed by atoms with Gasteiger partial charge in [0, 0.05) is 6.04 Å². The summed E-state index contributed by atoms with van der Waals surface area (Å²) < 4.78 is 6.16. The second kappa shape index (κ2) is 6.97. The molecule has 0 spiro atoms. The third-order valence-corrected chi connectivity index (χ3v) is 3.88. The van der Waals surface area contributed by atoms with Crippen molar-refractivity contribution in [1.82, 2.24) is 0 Å². The van der Waals surface area contributed by atoms with E-state index in [0.29, 0.717) is 10.8 Å². The predicted molar refractivity (Wildman–Crippen MR) is 89.0 cm³/mol. The maximum Gasteiger partial charge on any atom is 0.139 e. The molecule has 0 bridgehead atoms. The van der Waals surface area contributed by atoms with Gasteiger partial charge in [-0.15, -0.1) is 0 Å². The van der Waals surface area contributed by atoms with Gasteiger partial charge < -0.3 is 10.5 Å². The summed E-state index contributed by atoms with van der Waals surface area (Å²) in [5.41, 5.74) is 9.66. The molecule has 0 heterocycles. The van der Waals surface area contributed by atoms with Crippen LogP contribution in [0.1, 0.15) is 36.1 Å². The molecule has 0 aliphatic carbocycles. The third kappa shape index (κ3) is 3.99. The van der Waals surface area contributed by atoms with E-state index in [9.17, 15) is 0 Å². The molecule has 3 heteroatoms. The Morgan fingerprint density at radius 1 is 1.10 bits per heavy atom. The summed E-state index contributed by atoms with van der Waals surface area (Å²) in [6.07, 6.45) is 0.636. The van der Waals surface area contributed by atoms with Crippen molar-refractivity contribution in [2.24, 2.45) is 5.73 Å². The average molecular weight is 304 g/mol. The van der Waals surface area contributed by atoms with E-state index in [1.54, 1.807) is 0 Å². The van der Waals surface area contributed by atoms with Crippen LogP contribution in [0.25, 0.3) is 0 Å². The summed E-state index contributed by atoms with van der Waals surface area (Å²) in [4.78, 5) is 0. The van der Waals surface area contributed by atoms with Crippen LogP contribution in [0.15, 0.2) is 42.5 Å². The van der Waals surface area contributed by atoms with Gasteiger partial charge in [-0.05, 0) is 43.5 Å². The minimum atomic E-state index is -0.200. The zero-order chi connectivity index (χ0) is 15.4. The molecule has 0 amide bonds. The number of halogens is 1. The molecule has 2 aromatic rings. The fourth-order valence-corrected chi connectivity index (χ4v) is 2.46. The first-order chi connectivity index (χ1) is 10.0. The van der Waals surface area contributed by atoms with Gasteiger partial charge in [0.05, 0.1) is 5.02 Å². The third-order valence-electron chi connectivity index (χ3n) is 3.57. The molecule has 0 aromatic heterocycles. The summed E-state index contributed by atoms with van der Waals surface area (Å²) >= 11 is 6.24. The summed E-state index contributed by atoms with van der Waals surface area (Å²) in [5, 5.41) is 0.613. The topological polar surface area (TPSA) is 35.2 Å². The lowest BCUT2D eigenvalue weighted by molar-refractivity contribution is 0.171. The molecule has 112 valence electrons. The van der Waals surface area contributed by atoms with Crippen molar-refractivity contribution in [3.8, 4) is 5.75 Å². The van der Waals surface area contributed by atoms with E-state index >= 15 is 0 Å². The molecule has 0 saturated heterocycles. The molecule has 2 unspecified atom stereocenters. The Morgan fingerprint density at radius 3 is 2.48 bits per heavy atom. The van der Waals surface area contributed by atoms with Crippen LogP contribution in [-0.2, 0) is 0 Å². The fourth-order valence-electron chi connectivity index (χ4n) is 2.30. The van der Waals surface area contributed by atoms with Crippen molar-refractivity contribution in [2.75, 3.05) is 0 Å². The highest BCUT2D eigenvalue weighted by Crippen LogP contribution is 2.32. The maximum atomic E-state index is 6.27. The number of ether oxygens (including phenoxy) is 1. The molecule has 2 aromatic carbocycles. The molecule has 2 N–H and O–H groups in total. The van der Waals surface area contributed by atoms with Gasteiger partial charge in [0.15, 0.2) is 0 Å². The second-order valence-corrected chi connectivity index (χ2v) is 5.87. The Balaban J connectivity index is 2.35. The van der Waals surface area contributed by atoms with Crippen molar-refractivity contribution < 1.29 is 4.74 Å². The summed E-state index contributed by atoms with van der Waals surface area (Å²) in [7, 11) is 0. The minimum absolute atomic E-state index is 0.0802. The van der Waals surface area contributed by atoms with E-state index in [-0.39, 0.29) is 12.1 Å². The van der Waals surface area contributed by atoms with E-state index in [1.165, 1.54) is 5.56 Å². The second-order valence-electron chi connectivity index (χ2n) is 5.46. The van der Waals surface area contributed by atoms with E-state index in [4.69, 9.17) is 22.1 Å². The molecular formula is C18H22ClNO. The molecule has 0 aliphatic rings. The largest absolute Gasteiger partial charge is 0.483 e. The molecule has 2 nitrogen and oxygen atoms in total. The van der Waals surface area contributed by atoms with E-state index < -0.39 is 0 Å². The van der Waals surface area contributed by atoms with Gasteiger partial charge in [0.1, 0.15) is 11.9 Å². The van der Waals surface area contributed by atoms with Gasteiger partial charge in [-0.1, -0.05) is 54.4 Å². The molecule has 0 saturated carbocycles. The zero-order valence-electron chi connectivity index (χ0n) is 12.8. The molecule has 0 fully saturated rings. The average Bonchev–Trinajstić information content (AvgIpc) is 2.47. The fraction of sp³-hybridized carbons (Fsp3) is 0.333. The summed E-state index contributed by atoms with van der Waals surface area (Å²) in [6, 6.07) is 14.0. The van der Waals surface area contributed by atoms with Crippen molar-refractivity contribution in [3.63, 3.8) is 0 Å². The van der Waals surface area contributed by atoms with Gasteiger partial charge in [-0.25, -0.2) is 0 Å². The van der Waals surface area contributed by atoms with Gasteiger partial charge in [-0.3, -0.25) is 0 Å². The van der Waals surface area contributed by atoms with E-state index in [1.807, 2.05) is 31.2 Å². The highest BCUT2D eigenvalue weighted by molar-refractivity contribution is 6.32. The van der Waals surface area contributed by atoms with Crippen molar-refractivity contribution in [3.05, 3.63) is 64.2 Å². The number of benzene rings is 2. The van der Waals surface area contributed by atoms with Crippen LogP contribution < -0.4 is 10.5 Å². The van der Waals surface area contributed by atoms with Crippen LogP contribution in [0, 0.1) is 13.8 Å². The van der Waals surface area contributed by atoms with Gasteiger partial charge in [0.25, 0.3) is 0 Å². The zero-order valence-corrected chi connectivity index (χ0v) is 13.5. The smallest absolute Gasteiger partial charge is 0.139 e. The van der Waals surface area contributed by atoms with Crippen LogP contribution >= 0.6 is 11.6 Å². The van der Waals surface area contributed by atoms with Gasteiger partial charge >= 0.3 is 0 Å². The molecule has 21 heavy (non-hydrogen) atoms. The Kier molecular flexibility index (Phi) is 5.27. The number of hydrogen-bond donors (Lipinski definition) is 1. The van der Waals surface area contributed by atoms with Crippen LogP contribution in [0.3, 0.4) is 0 Å². The molecule has 0 radical (unpaired) electrons. The number of aryl methyl sites for hydroxylation is 2. The van der Waals surface area contributed by atoms with Gasteiger partial charge in [0.2, 0.25) is 0 Å². The van der Waals surface area contributed by atoms with Crippen LogP contribution in [0.4, 0.5) is 0 Å². The Bertz CT molecular complexity index is 612. The number of rotatable bonds is 5. The maximum absolute atomic E-state index is 6.27. The lowest BCUT2D eigenvalue weighted by Crippen LogP contribution is -2.31. The first kappa shape index (κ1) is 15.9. The molecule has 2 atom stereocenters. The van der Waals surface area contributed by atoms with Crippen LogP contribution in [0.2, 0.25) is 5.02 Å². The minimum Gasteiger partial charge on any atom is -0.483 e. The monoisotopic (exact) mass is 303 g/mol. The van der Waals surface area contributed by atoms with Gasteiger partial charge in [-0.2, -0.15) is 0 Å². The Hall–Kier alpha value is -1.51. The number of hydrogen-bond acceptors (Lipinski definition) is 2. The molecular weight excluding hydrogens is 282 g/mol.